The van der Waals surface area contributed by atoms with Crippen LogP contribution in [-0.2, 0) is 11.3 Å². The molecular weight excluding hydrogens is 372 g/mol. The van der Waals surface area contributed by atoms with Crippen LogP contribution in [0.3, 0.4) is 0 Å². The number of fused-ring (bicyclic) bond motifs is 3. The van der Waals surface area contributed by atoms with E-state index in [-0.39, 0.29) is 35.8 Å². The highest BCUT2D eigenvalue weighted by Crippen LogP contribution is 2.42. The first-order valence-electron chi connectivity index (χ1n) is 9.00. The lowest BCUT2D eigenvalue weighted by atomic mass is 9.65. The van der Waals surface area contributed by atoms with Crippen LogP contribution >= 0.6 is 23.7 Å². The number of nitrogens with zero attached hydrogens (tertiary/aromatic N) is 2. The van der Waals surface area contributed by atoms with E-state index < -0.39 is 0 Å². The summed E-state index contributed by atoms with van der Waals surface area (Å²) in [4.78, 5) is 34.0. The van der Waals surface area contributed by atoms with Crippen molar-refractivity contribution in [2.24, 2.45) is 23.5 Å². The van der Waals surface area contributed by atoms with Crippen LogP contribution in [0.4, 0.5) is 0 Å². The third-order valence-electron chi connectivity index (χ3n) is 5.89. The quantitative estimate of drug-likeness (QED) is 0.833. The van der Waals surface area contributed by atoms with Gasteiger partial charge in [-0.15, -0.1) is 23.7 Å². The van der Waals surface area contributed by atoms with E-state index in [1.807, 2.05) is 11.4 Å². The number of aromatic nitrogens is 2. The summed E-state index contributed by atoms with van der Waals surface area (Å²) in [6, 6.07) is 2.10. The van der Waals surface area contributed by atoms with Crippen LogP contribution in [-0.4, -0.2) is 33.9 Å². The van der Waals surface area contributed by atoms with Crippen LogP contribution in [0.25, 0.3) is 10.2 Å². The second-order valence-corrected chi connectivity index (χ2v) is 8.45. The Labute approximate surface area is 162 Å². The molecule has 142 valence electrons. The van der Waals surface area contributed by atoms with Gasteiger partial charge in [0.1, 0.15) is 10.5 Å². The molecule has 6 nitrogen and oxygen atoms in total. The minimum absolute atomic E-state index is 0. The number of aromatic amines is 1. The molecule has 2 aliphatic carbocycles. The lowest BCUT2D eigenvalue weighted by molar-refractivity contribution is -0.137. The molecule has 0 radical (unpaired) electrons. The van der Waals surface area contributed by atoms with Crippen LogP contribution in [0.2, 0.25) is 0 Å². The van der Waals surface area contributed by atoms with Crippen LogP contribution < -0.4 is 11.3 Å². The van der Waals surface area contributed by atoms with Gasteiger partial charge < -0.3 is 15.6 Å². The number of nitrogens with one attached hydrogen (secondary N) is 1. The zero-order chi connectivity index (χ0) is 17.6. The summed E-state index contributed by atoms with van der Waals surface area (Å²) in [6.07, 6.45) is 5.33. The van der Waals surface area contributed by atoms with Crippen LogP contribution in [0, 0.1) is 17.8 Å². The van der Waals surface area contributed by atoms with Gasteiger partial charge in [0, 0.05) is 19.0 Å². The van der Waals surface area contributed by atoms with E-state index in [2.05, 4.69) is 9.97 Å². The number of rotatable bonds is 3. The Balaban J connectivity index is 0.00000196. The molecule has 1 amide bonds. The SMILES string of the molecule is CN(Cc1nc2ccsc2c(=O)[nH]1)C(=O)C1CC2CCCC(C1)C2N.Cl. The van der Waals surface area contributed by atoms with Crippen LogP contribution in [0.15, 0.2) is 16.2 Å². The lowest BCUT2D eigenvalue weighted by Gasteiger charge is -2.44. The fraction of sp³-hybridized carbons (Fsp3) is 0.611. The molecule has 2 saturated carbocycles. The molecule has 2 unspecified atom stereocenters. The van der Waals surface area contributed by atoms with Gasteiger partial charge in [0.25, 0.3) is 5.56 Å². The van der Waals surface area contributed by atoms with Crippen molar-refractivity contribution in [3.63, 3.8) is 0 Å². The zero-order valence-electron chi connectivity index (χ0n) is 14.8. The van der Waals surface area contributed by atoms with Crippen molar-refractivity contribution >= 4 is 39.9 Å². The van der Waals surface area contributed by atoms with Gasteiger partial charge in [-0.2, -0.15) is 0 Å². The van der Waals surface area contributed by atoms with Crippen LogP contribution in [0.5, 0.6) is 0 Å². The number of carbonyl (C=O) groups excluding carboxylic acids is 1. The van der Waals surface area contributed by atoms with E-state index in [1.54, 1.807) is 11.9 Å². The molecule has 2 fully saturated rings. The van der Waals surface area contributed by atoms with E-state index in [0.29, 0.717) is 34.4 Å². The molecule has 8 heteroatoms. The van der Waals surface area contributed by atoms with Crippen molar-refractivity contribution in [3.8, 4) is 0 Å². The topological polar surface area (TPSA) is 92.1 Å². The fourth-order valence-electron chi connectivity index (χ4n) is 4.60. The predicted octanol–water partition coefficient (Wildman–Crippen LogP) is 2.52. The molecular formula is C18H25ClN4O2S. The number of thiophene rings is 1. The minimum atomic E-state index is -0.131. The third-order valence-corrected chi connectivity index (χ3v) is 6.79. The summed E-state index contributed by atoms with van der Waals surface area (Å²) >= 11 is 1.38. The molecule has 2 aromatic rings. The third kappa shape index (κ3) is 3.52. The maximum Gasteiger partial charge on any atom is 0.268 e. The van der Waals surface area contributed by atoms with Gasteiger partial charge in [-0.25, -0.2) is 4.98 Å². The van der Waals surface area contributed by atoms with Gasteiger partial charge in [0.2, 0.25) is 5.91 Å². The monoisotopic (exact) mass is 396 g/mol. The number of H-pyrrole nitrogens is 1. The second kappa shape index (κ2) is 7.66. The fourth-order valence-corrected chi connectivity index (χ4v) is 5.33. The average molecular weight is 397 g/mol. The standard InChI is InChI=1S/C18H24N4O2S.ClH/c1-22(9-14-20-13-5-6-25-16(13)17(23)21-14)18(24)12-7-10-3-2-4-11(8-12)15(10)19;/h5-6,10-12,15H,2-4,7-9,19H2,1H3,(H,20,21,23);1H. The second-order valence-electron chi connectivity index (χ2n) is 7.54. The van der Waals surface area contributed by atoms with Crippen molar-refractivity contribution in [3.05, 3.63) is 27.6 Å². The first kappa shape index (κ1) is 19.3. The van der Waals surface area contributed by atoms with Gasteiger partial charge in [0.05, 0.1) is 12.1 Å². The molecule has 4 rings (SSSR count). The summed E-state index contributed by atoms with van der Waals surface area (Å²) in [7, 11) is 1.80. The van der Waals surface area contributed by atoms with E-state index in [0.717, 1.165) is 25.7 Å². The van der Waals surface area contributed by atoms with E-state index >= 15 is 0 Å². The maximum absolute atomic E-state index is 12.9. The predicted molar refractivity (Wildman–Crippen MR) is 105 cm³/mol. The van der Waals surface area contributed by atoms with Gasteiger partial charge in [-0.05, 0) is 49.0 Å². The van der Waals surface area contributed by atoms with Crippen molar-refractivity contribution in [1.29, 1.82) is 0 Å². The summed E-state index contributed by atoms with van der Waals surface area (Å²) in [5.74, 6) is 1.71. The van der Waals surface area contributed by atoms with Gasteiger partial charge in [0.15, 0.2) is 0 Å². The Morgan fingerprint density at radius 2 is 2.08 bits per heavy atom. The van der Waals surface area contributed by atoms with Crippen molar-refractivity contribution in [2.75, 3.05) is 7.05 Å². The highest BCUT2D eigenvalue weighted by Gasteiger charge is 2.41. The van der Waals surface area contributed by atoms with E-state index in [4.69, 9.17) is 5.73 Å². The highest BCUT2D eigenvalue weighted by molar-refractivity contribution is 7.17. The van der Waals surface area contributed by atoms with Gasteiger partial charge >= 0.3 is 0 Å². The normalized spacial score (nSPS) is 27.8. The van der Waals surface area contributed by atoms with E-state index in [1.165, 1.54) is 17.8 Å². The average Bonchev–Trinajstić information content (AvgIpc) is 3.03. The van der Waals surface area contributed by atoms with Crippen molar-refractivity contribution in [2.45, 2.75) is 44.7 Å². The summed E-state index contributed by atoms with van der Waals surface area (Å²) in [5, 5.41) is 1.86. The molecule has 3 N–H and O–H groups in total. The summed E-state index contributed by atoms with van der Waals surface area (Å²) in [6.45, 7) is 0.331. The van der Waals surface area contributed by atoms with Crippen molar-refractivity contribution < 1.29 is 4.79 Å². The Morgan fingerprint density at radius 3 is 2.77 bits per heavy atom. The number of carbonyl (C=O) groups is 1. The van der Waals surface area contributed by atoms with Gasteiger partial charge in [-0.3, -0.25) is 9.59 Å². The van der Waals surface area contributed by atoms with E-state index in [9.17, 15) is 9.59 Å². The number of hydrogen-bond donors (Lipinski definition) is 2. The first-order chi connectivity index (χ1) is 12.0. The molecule has 0 saturated heterocycles. The Hall–Kier alpha value is -1.44. The number of hydrogen-bond acceptors (Lipinski definition) is 5. The number of nitrogens with two attached hydrogens (primary N) is 1. The largest absolute Gasteiger partial charge is 0.338 e. The molecule has 0 aromatic carbocycles. The Bertz CT molecular complexity index is 837. The molecule has 2 bridgehead atoms. The Kier molecular flexibility index (Phi) is 5.69. The smallest absolute Gasteiger partial charge is 0.268 e. The summed E-state index contributed by atoms with van der Waals surface area (Å²) in [5.41, 5.74) is 6.90. The molecule has 2 aliphatic rings. The highest BCUT2D eigenvalue weighted by atomic mass is 35.5. The zero-order valence-corrected chi connectivity index (χ0v) is 16.4. The van der Waals surface area contributed by atoms with Crippen molar-refractivity contribution in [1.82, 2.24) is 14.9 Å². The maximum atomic E-state index is 12.9. The first-order valence-corrected chi connectivity index (χ1v) is 9.88. The minimum Gasteiger partial charge on any atom is -0.338 e. The summed E-state index contributed by atoms with van der Waals surface area (Å²) < 4.78 is 0.631. The number of halogens is 1. The molecule has 2 heterocycles. The molecule has 0 spiro atoms. The Morgan fingerprint density at radius 1 is 1.38 bits per heavy atom. The molecule has 2 atom stereocenters. The van der Waals surface area contributed by atoms with Gasteiger partial charge in [-0.1, -0.05) is 6.42 Å². The van der Waals surface area contributed by atoms with Crippen LogP contribution in [0.1, 0.15) is 37.9 Å². The molecule has 2 aromatic heterocycles. The molecule has 26 heavy (non-hydrogen) atoms. The molecule has 0 aliphatic heterocycles. The number of amides is 1. The lowest BCUT2D eigenvalue weighted by Crippen LogP contribution is -2.49.